The third-order valence-electron chi connectivity index (χ3n) is 3.22. The number of nitrogens with two attached hydrogens (primary N) is 1. The molecule has 1 amide bonds. The van der Waals surface area contributed by atoms with E-state index < -0.39 is 0 Å². The molecule has 1 rings (SSSR count). The minimum atomic E-state index is 0.0662. The number of carbonyl (C=O) groups excluding carboxylic acids is 1. The average molecular weight is 327 g/mol. The molecule has 1 aromatic rings. The number of aryl methyl sites for hydroxylation is 2. The van der Waals surface area contributed by atoms with Crippen molar-refractivity contribution in [2.24, 2.45) is 11.7 Å². The van der Waals surface area contributed by atoms with Gasteiger partial charge in [0, 0.05) is 10.9 Å². The summed E-state index contributed by atoms with van der Waals surface area (Å²) in [4.78, 5) is 11.9. The first-order valence-corrected chi connectivity index (χ1v) is 7.50. The smallest absolute Gasteiger partial charge is 0.224 e. The van der Waals surface area contributed by atoms with E-state index in [1.54, 1.807) is 0 Å². The summed E-state index contributed by atoms with van der Waals surface area (Å²) in [7, 11) is 0. The Balaban J connectivity index is 2.58. The van der Waals surface area contributed by atoms with Crippen LogP contribution in [-0.4, -0.2) is 12.5 Å². The molecular formula is C15H23BrN2O. The SMILES string of the molecule is Cc1cc(C)c(NC(=O)CCC(C)CCN)c(Br)c1. The molecule has 0 aliphatic carbocycles. The van der Waals surface area contributed by atoms with Crippen LogP contribution in [0.1, 0.15) is 37.3 Å². The molecular weight excluding hydrogens is 304 g/mol. The summed E-state index contributed by atoms with van der Waals surface area (Å²) in [5.74, 6) is 0.565. The molecule has 0 aliphatic heterocycles. The van der Waals surface area contributed by atoms with E-state index in [-0.39, 0.29) is 5.91 Å². The molecule has 106 valence electrons. The first kappa shape index (κ1) is 16.2. The van der Waals surface area contributed by atoms with Gasteiger partial charge in [-0.25, -0.2) is 0 Å². The van der Waals surface area contributed by atoms with Gasteiger partial charge in [0.2, 0.25) is 5.91 Å². The van der Waals surface area contributed by atoms with E-state index in [4.69, 9.17) is 5.73 Å². The van der Waals surface area contributed by atoms with E-state index in [9.17, 15) is 4.79 Å². The Kier molecular flexibility index (Phi) is 6.52. The molecule has 0 fully saturated rings. The summed E-state index contributed by atoms with van der Waals surface area (Å²) in [5.41, 5.74) is 8.64. The standard InChI is InChI=1S/C15H23BrN2O/c1-10(6-7-17)4-5-14(19)18-15-12(3)8-11(2)9-13(15)16/h8-10H,4-7,17H2,1-3H3,(H,18,19). The maximum Gasteiger partial charge on any atom is 0.224 e. The molecule has 0 radical (unpaired) electrons. The number of halogens is 1. The summed E-state index contributed by atoms with van der Waals surface area (Å²) in [6.07, 6.45) is 2.40. The Morgan fingerprint density at radius 3 is 2.63 bits per heavy atom. The van der Waals surface area contributed by atoms with Crippen LogP contribution in [0.2, 0.25) is 0 Å². The number of anilines is 1. The van der Waals surface area contributed by atoms with E-state index in [2.05, 4.69) is 34.2 Å². The highest BCUT2D eigenvalue weighted by atomic mass is 79.9. The van der Waals surface area contributed by atoms with E-state index in [0.717, 1.165) is 28.6 Å². The monoisotopic (exact) mass is 326 g/mol. The van der Waals surface area contributed by atoms with Gasteiger partial charge in [0.15, 0.2) is 0 Å². The van der Waals surface area contributed by atoms with Crippen LogP contribution in [0.5, 0.6) is 0 Å². The lowest BCUT2D eigenvalue weighted by atomic mass is 10.0. The molecule has 3 nitrogen and oxygen atoms in total. The van der Waals surface area contributed by atoms with Crippen LogP contribution in [-0.2, 0) is 4.79 Å². The molecule has 19 heavy (non-hydrogen) atoms. The predicted molar refractivity (Wildman–Crippen MR) is 84.3 cm³/mol. The first-order valence-electron chi connectivity index (χ1n) is 6.70. The zero-order chi connectivity index (χ0) is 14.4. The number of amides is 1. The Labute approximate surface area is 124 Å². The van der Waals surface area contributed by atoms with E-state index in [1.165, 1.54) is 5.56 Å². The molecule has 0 saturated carbocycles. The highest BCUT2D eigenvalue weighted by Gasteiger charge is 2.10. The predicted octanol–water partition coefficient (Wildman–Crippen LogP) is 3.77. The molecule has 3 N–H and O–H groups in total. The summed E-state index contributed by atoms with van der Waals surface area (Å²) < 4.78 is 0.938. The average Bonchev–Trinajstić information content (AvgIpc) is 2.31. The Morgan fingerprint density at radius 1 is 1.37 bits per heavy atom. The number of nitrogens with one attached hydrogen (secondary N) is 1. The van der Waals surface area contributed by atoms with Crippen molar-refractivity contribution >= 4 is 27.5 Å². The van der Waals surface area contributed by atoms with Crippen molar-refractivity contribution in [2.75, 3.05) is 11.9 Å². The highest BCUT2D eigenvalue weighted by molar-refractivity contribution is 9.10. The molecule has 1 unspecified atom stereocenters. The zero-order valence-electron chi connectivity index (χ0n) is 11.9. The first-order chi connectivity index (χ1) is 8.93. The lowest BCUT2D eigenvalue weighted by Gasteiger charge is -2.13. The molecule has 0 heterocycles. The molecule has 0 aliphatic rings. The van der Waals surface area contributed by atoms with Gasteiger partial charge >= 0.3 is 0 Å². The van der Waals surface area contributed by atoms with E-state index in [1.807, 2.05) is 19.9 Å². The van der Waals surface area contributed by atoms with Gasteiger partial charge in [-0.3, -0.25) is 4.79 Å². The number of carbonyl (C=O) groups is 1. The molecule has 1 aromatic carbocycles. The molecule has 0 saturated heterocycles. The van der Waals surface area contributed by atoms with Crippen LogP contribution in [0.3, 0.4) is 0 Å². The lowest BCUT2D eigenvalue weighted by molar-refractivity contribution is -0.116. The summed E-state index contributed by atoms with van der Waals surface area (Å²) in [6.45, 7) is 6.86. The second kappa shape index (κ2) is 7.65. The van der Waals surface area contributed by atoms with Gasteiger partial charge in [-0.05, 0) is 72.3 Å². The summed E-state index contributed by atoms with van der Waals surface area (Å²) in [6, 6.07) is 4.08. The molecule has 0 spiro atoms. The van der Waals surface area contributed by atoms with Gasteiger partial charge < -0.3 is 11.1 Å². The van der Waals surface area contributed by atoms with Gasteiger partial charge in [0.05, 0.1) is 5.69 Å². The van der Waals surface area contributed by atoms with Gasteiger partial charge in [0.1, 0.15) is 0 Å². The lowest BCUT2D eigenvalue weighted by Crippen LogP contribution is -2.15. The molecule has 0 bridgehead atoms. The van der Waals surface area contributed by atoms with Gasteiger partial charge in [-0.1, -0.05) is 13.0 Å². The fraction of sp³-hybridized carbons (Fsp3) is 0.533. The second-order valence-electron chi connectivity index (χ2n) is 5.21. The van der Waals surface area contributed by atoms with Crippen molar-refractivity contribution in [1.82, 2.24) is 0 Å². The number of hydrogen-bond donors (Lipinski definition) is 2. The van der Waals surface area contributed by atoms with Gasteiger partial charge in [-0.15, -0.1) is 0 Å². The Hall–Kier alpha value is -0.870. The fourth-order valence-corrected chi connectivity index (χ4v) is 2.86. The van der Waals surface area contributed by atoms with Crippen LogP contribution < -0.4 is 11.1 Å². The summed E-state index contributed by atoms with van der Waals surface area (Å²) >= 11 is 3.50. The summed E-state index contributed by atoms with van der Waals surface area (Å²) in [5, 5.41) is 2.99. The normalized spacial score (nSPS) is 12.3. The zero-order valence-corrected chi connectivity index (χ0v) is 13.5. The van der Waals surface area contributed by atoms with Crippen molar-refractivity contribution in [2.45, 2.75) is 40.0 Å². The second-order valence-corrected chi connectivity index (χ2v) is 6.06. The molecule has 0 aromatic heterocycles. The van der Waals surface area contributed by atoms with E-state index >= 15 is 0 Å². The minimum Gasteiger partial charge on any atom is -0.330 e. The van der Waals surface area contributed by atoms with Crippen LogP contribution >= 0.6 is 15.9 Å². The van der Waals surface area contributed by atoms with Crippen LogP contribution in [0.15, 0.2) is 16.6 Å². The van der Waals surface area contributed by atoms with Crippen molar-refractivity contribution in [3.8, 4) is 0 Å². The van der Waals surface area contributed by atoms with E-state index in [0.29, 0.717) is 18.9 Å². The molecule has 4 heteroatoms. The fourth-order valence-electron chi connectivity index (χ4n) is 2.08. The quantitative estimate of drug-likeness (QED) is 0.836. The van der Waals surface area contributed by atoms with Crippen LogP contribution in [0.4, 0.5) is 5.69 Å². The van der Waals surface area contributed by atoms with Crippen molar-refractivity contribution in [3.05, 3.63) is 27.7 Å². The largest absolute Gasteiger partial charge is 0.330 e. The minimum absolute atomic E-state index is 0.0662. The number of hydrogen-bond acceptors (Lipinski definition) is 2. The topological polar surface area (TPSA) is 55.1 Å². The van der Waals surface area contributed by atoms with Crippen LogP contribution in [0, 0.1) is 19.8 Å². The maximum absolute atomic E-state index is 11.9. The van der Waals surface area contributed by atoms with Crippen LogP contribution in [0.25, 0.3) is 0 Å². The third kappa shape index (κ3) is 5.33. The van der Waals surface area contributed by atoms with Gasteiger partial charge in [0.25, 0.3) is 0 Å². The van der Waals surface area contributed by atoms with Crippen molar-refractivity contribution in [3.63, 3.8) is 0 Å². The Bertz CT molecular complexity index is 423. The van der Waals surface area contributed by atoms with Gasteiger partial charge in [-0.2, -0.15) is 0 Å². The Morgan fingerprint density at radius 2 is 2.05 bits per heavy atom. The third-order valence-corrected chi connectivity index (χ3v) is 3.85. The van der Waals surface area contributed by atoms with Crippen molar-refractivity contribution < 1.29 is 4.79 Å². The van der Waals surface area contributed by atoms with Crippen molar-refractivity contribution in [1.29, 1.82) is 0 Å². The number of benzene rings is 1. The molecule has 1 atom stereocenters. The number of rotatable bonds is 6. The maximum atomic E-state index is 11.9. The highest BCUT2D eigenvalue weighted by Crippen LogP contribution is 2.28.